The van der Waals surface area contributed by atoms with E-state index < -0.39 is 0 Å². The Balaban J connectivity index is 2.46. The van der Waals surface area contributed by atoms with Crippen LogP contribution in [-0.4, -0.2) is 13.2 Å². The maximum absolute atomic E-state index is 5.42. The van der Waals surface area contributed by atoms with Crippen molar-refractivity contribution >= 4 is 0 Å². The smallest absolute Gasteiger partial charge is 0.119 e. The SMILES string of the molecule is CCCCNC(C)c1ccc(OCC)cc1. The van der Waals surface area contributed by atoms with Gasteiger partial charge in [-0.05, 0) is 44.5 Å². The van der Waals surface area contributed by atoms with Crippen molar-refractivity contribution in [2.24, 2.45) is 0 Å². The molecule has 2 nitrogen and oxygen atoms in total. The zero-order chi connectivity index (χ0) is 11.8. The Hall–Kier alpha value is -1.02. The molecule has 0 aromatic heterocycles. The highest BCUT2D eigenvalue weighted by atomic mass is 16.5. The second-order valence-corrected chi connectivity index (χ2v) is 4.03. The van der Waals surface area contributed by atoms with Gasteiger partial charge in [0, 0.05) is 6.04 Å². The van der Waals surface area contributed by atoms with Crippen molar-refractivity contribution < 1.29 is 4.74 Å². The second kappa shape index (κ2) is 7.29. The number of hydrogen-bond acceptors (Lipinski definition) is 2. The Bertz CT molecular complexity index is 281. The zero-order valence-corrected chi connectivity index (χ0v) is 10.6. The maximum atomic E-state index is 5.42. The molecule has 1 N–H and O–H groups in total. The fourth-order valence-electron chi connectivity index (χ4n) is 1.63. The van der Waals surface area contributed by atoms with Crippen molar-refractivity contribution in [1.82, 2.24) is 5.32 Å². The molecule has 0 fully saturated rings. The summed E-state index contributed by atoms with van der Waals surface area (Å²) in [5.41, 5.74) is 1.32. The molecule has 1 atom stereocenters. The van der Waals surface area contributed by atoms with E-state index in [0.717, 1.165) is 18.9 Å². The largest absolute Gasteiger partial charge is 0.494 e. The summed E-state index contributed by atoms with van der Waals surface area (Å²) >= 11 is 0. The molecule has 0 aliphatic carbocycles. The lowest BCUT2D eigenvalue weighted by molar-refractivity contribution is 0.340. The molecule has 2 heteroatoms. The Morgan fingerprint density at radius 3 is 2.44 bits per heavy atom. The van der Waals surface area contributed by atoms with Gasteiger partial charge in [-0.25, -0.2) is 0 Å². The fourth-order valence-corrected chi connectivity index (χ4v) is 1.63. The van der Waals surface area contributed by atoms with Gasteiger partial charge in [-0.1, -0.05) is 25.5 Å². The van der Waals surface area contributed by atoms with Crippen LogP contribution >= 0.6 is 0 Å². The van der Waals surface area contributed by atoms with Crippen LogP contribution in [0.25, 0.3) is 0 Å². The van der Waals surface area contributed by atoms with Crippen molar-refractivity contribution in [2.75, 3.05) is 13.2 Å². The van der Waals surface area contributed by atoms with E-state index in [9.17, 15) is 0 Å². The van der Waals surface area contributed by atoms with Crippen LogP contribution in [0.4, 0.5) is 0 Å². The highest BCUT2D eigenvalue weighted by molar-refractivity contribution is 5.28. The van der Waals surface area contributed by atoms with Gasteiger partial charge in [-0.2, -0.15) is 0 Å². The molecule has 1 unspecified atom stereocenters. The molecule has 1 aromatic rings. The number of rotatable bonds is 7. The molecule has 0 amide bonds. The molecule has 0 bridgehead atoms. The predicted molar refractivity (Wildman–Crippen MR) is 68.9 cm³/mol. The molecule has 16 heavy (non-hydrogen) atoms. The highest BCUT2D eigenvalue weighted by Crippen LogP contribution is 2.17. The topological polar surface area (TPSA) is 21.3 Å². The summed E-state index contributed by atoms with van der Waals surface area (Å²) < 4.78 is 5.42. The molecule has 0 spiro atoms. The van der Waals surface area contributed by atoms with Crippen LogP contribution in [0.3, 0.4) is 0 Å². The molecule has 0 aliphatic rings. The average molecular weight is 221 g/mol. The summed E-state index contributed by atoms with van der Waals surface area (Å²) in [6, 6.07) is 8.76. The third kappa shape index (κ3) is 4.23. The summed E-state index contributed by atoms with van der Waals surface area (Å²) in [5, 5.41) is 3.51. The Morgan fingerprint density at radius 2 is 1.88 bits per heavy atom. The van der Waals surface area contributed by atoms with Crippen LogP contribution in [0.5, 0.6) is 5.75 Å². The first-order chi connectivity index (χ1) is 7.77. The summed E-state index contributed by atoms with van der Waals surface area (Å²) in [6.07, 6.45) is 2.48. The van der Waals surface area contributed by atoms with Crippen molar-refractivity contribution in [3.05, 3.63) is 29.8 Å². The minimum Gasteiger partial charge on any atom is -0.494 e. The standard InChI is InChI=1S/C14H23NO/c1-4-6-11-15-12(3)13-7-9-14(10-8-13)16-5-2/h7-10,12,15H,4-6,11H2,1-3H3. The van der Waals surface area contributed by atoms with Crippen LogP contribution in [0, 0.1) is 0 Å². The number of hydrogen-bond donors (Lipinski definition) is 1. The molecule has 0 aliphatic heterocycles. The van der Waals surface area contributed by atoms with E-state index in [0.29, 0.717) is 6.04 Å². The van der Waals surface area contributed by atoms with Crippen LogP contribution < -0.4 is 10.1 Å². The van der Waals surface area contributed by atoms with Gasteiger partial charge in [0.2, 0.25) is 0 Å². The van der Waals surface area contributed by atoms with Crippen LogP contribution in [0.1, 0.15) is 45.2 Å². The molecule has 0 radical (unpaired) electrons. The van der Waals surface area contributed by atoms with Gasteiger partial charge in [0.05, 0.1) is 6.61 Å². The molecule has 0 saturated heterocycles. The number of nitrogens with one attached hydrogen (secondary N) is 1. The van der Waals surface area contributed by atoms with Crippen LogP contribution in [-0.2, 0) is 0 Å². The maximum Gasteiger partial charge on any atom is 0.119 e. The Morgan fingerprint density at radius 1 is 1.19 bits per heavy atom. The number of unbranched alkanes of at least 4 members (excludes halogenated alkanes) is 1. The van der Waals surface area contributed by atoms with Gasteiger partial charge < -0.3 is 10.1 Å². The second-order valence-electron chi connectivity index (χ2n) is 4.03. The van der Waals surface area contributed by atoms with E-state index in [-0.39, 0.29) is 0 Å². The van der Waals surface area contributed by atoms with Gasteiger partial charge in [0.25, 0.3) is 0 Å². The number of benzene rings is 1. The van der Waals surface area contributed by atoms with Gasteiger partial charge in [0.1, 0.15) is 5.75 Å². The quantitative estimate of drug-likeness (QED) is 0.711. The zero-order valence-electron chi connectivity index (χ0n) is 10.6. The molecule has 1 rings (SSSR count). The van der Waals surface area contributed by atoms with Crippen LogP contribution in [0.15, 0.2) is 24.3 Å². The lowest BCUT2D eigenvalue weighted by atomic mass is 10.1. The van der Waals surface area contributed by atoms with Gasteiger partial charge >= 0.3 is 0 Å². The van der Waals surface area contributed by atoms with Crippen LogP contribution in [0.2, 0.25) is 0 Å². The summed E-state index contributed by atoms with van der Waals surface area (Å²) in [6.45, 7) is 8.23. The normalized spacial score (nSPS) is 12.4. The Labute approximate surface area is 99.0 Å². The Kier molecular flexibility index (Phi) is 5.94. The van der Waals surface area contributed by atoms with E-state index in [1.54, 1.807) is 0 Å². The van der Waals surface area contributed by atoms with E-state index in [4.69, 9.17) is 4.74 Å². The predicted octanol–water partition coefficient (Wildman–Crippen LogP) is 3.54. The minimum absolute atomic E-state index is 0.419. The highest BCUT2D eigenvalue weighted by Gasteiger charge is 2.03. The molecule has 0 heterocycles. The fraction of sp³-hybridized carbons (Fsp3) is 0.571. The minimum atomic E-state index is 0.419. The molecule has 1 aromatic carbocycles. The first-order valence-electron chi connectivity index (χ1n) is 6.24. The van der Waals surface area contributed by atoms with E-state index in [1.165, 1.54) is 18.4 Å². The third-order valence-corrected chi connectivity index (χ3v) is 2.67. The van der Waals surface area contributed by atoms with Crippen molar-refractivity contribution in [3.63, 3.8) is 0 Å². The van der Waals surface area contributed by atoms with Crippen molar-refractivity contribution in [3.8, 4) is 5.75 Å². The monoisotopic (exact) mass is 221 g/mol. The molecule has 90 valence electrons. The van der Waals surface area contributed by atoms with Gasteiger partial charge in [-0.15, -0.1) is 0 Å². The summed E-state index contributed by atoms with van der Waals surface area (Å²) in [5.74, 6) is 0.951. The third-order valence-electron chi connectivity index (χ3n) is 2.67. The van der Waals surface area contributed by atoms with E-state index in [2.05, 4.69) is 31.3 Å². The average Bonchev–Trinajstić information content (AvgIpc) is 2.30. The van der Waals surface area contributed by atoms with Crippen molar-refractivity contribution in [2.45, 2.75) is 39.7 Å². The van der Waals surface area contributed by atoms with E-state index >= 15 is 0 Å². The molecular formula is C14H23NO. The number of ether oxygens (including phenoxy) is 1. The molecule has 0 saturated carbocycles. The lowest BCUT2D eigenvalue weighted by Gasteiger charge is -2.14. The lowest BCUT2D eigenvalue weighted by Crippen LogP contribution is -2.19. The summed E-state index contributed by atoms with van der Waals surface area (Å²) in [4.78, 5) is 0. The first kappa shape index (κ1) is 13.0. The van der Waals surface area contributed by atoms with Gasteiger partial charge in [0.15, 0.2) is 0 Å². The molecular weight excluding hydrogens is 198 g/mol. The van der Waals surface area contributed by atoms with Crippen molar-refractivity contribution in [1.29, 1.82) is 0 Å². The van der Waals surface area contributed by atoms with E-state index in [1.807, 2.05) is 19.1 Å². The first-order valence-corrected chi connectivity index (χ1v) is 6.24. The van der Waals surface area contributed by atoms with Gasteiger partial charge in [-0.3, -0.25) is 0 Å². The summed E-state index contributed by atoms with van der Waals surface area (Å²) in [7, 11) is 0.